The van der Waals surface area contributed by atoms with Crippen molar-refractivity contribution in [3.05, 3.63) is 29.5 Å². The van der Waals surface area contributed by atoms with Gasteiger partial charge in [-0.05, 0) is 30.5 Å². The van der Waals surface area contributed by atoms with Gasteiger partial charge in [0.2, 0.25) is 0 Å². The summed E-state index contributed by atoms with van der Waals surface area (Å²) >= 11 is 0. The van der Waals surface area contributed by atoms with E-state index in [0.29, 0.717) is 5.92 Å². The lowest BCUT2D eigenvalue weighted by Gasteiger charge is -2.03. The molecule has 1 aromatic heterocycles. The number of fused-ring (bicyclic) bond motifs is 1. The molecule has 0 amide bonds. The van der Waals surface area contributed by atoms with Crippen LogP contribution in [0.3, 0.4) is 0 Å². The van der Waals surface area contributed by atoms with Gasteiger partial charge in [-0.1, -0.05) is 13.8 Å². The van der Waals surface area contributed by atoms with Crippen molar-refractivity contribution in [3.63, 3.8) is 0 Å². The van der Waals surface area contributed by atoms with Gasteiger partial charge in [0.15, 0.2) is 0 Å². The SMILES string of the molecule is COc1cc2[nH]c(C(C)C)cc2cc1C. The molecule has 2 nitrogen and oxygen atoms in total. The first-order valence-electron chi connectivity index (χ1n) is 5.29. The topological polar surface area (TPSA) is 25.0 Å². The summed E-state index contributed by atoms with van der Waals surface area (Å²) in [5.74, 6) is 1.48. The zero-order chi connectivity index (χ0) is 11.0. The summed E-state index contributed by atoms with van der Waals surface area (Å²) in [6.07, 6.45) is 0. The molecule has 0 bridgehead atoms. The monoisotopic (exact) mass is 203 g/mol. The molecule has 0 spiro atoms. The van der Waals surface area contributed by atoms with Gasteiger partial charge in [-0.25, -0.2) is 0 Å². The van der Waals surface area contributed by atoms with Gasteiger partial charge < -0.3 is 9.72 Å². The lowest BCUT2D eigenvalue weighted by atomic mass is 10.1. The molecule has 0 aliphatic heterocycles. The lowest BCUT2D eigenvalue weighted by molar-refractivity contribution is 0.412. The van der Waals surface area contributed by atoms with Crippen molar-refractivity contribution in [1.29, 1.82) is 0 Å². The molecule has 1 aromatic carbocycles. The molecule has 2 aromatic rings. The maximum absolute atomic E-state index is 5.30. The number of methoxy groups -OCH3 is 1. The van der Waals surface area contributed by atoms with Crippen LogP contribution in [-0.4, -0.2) is 12.1 Å². The molecule has 0 saturated heterocycles. The molecule has 0 unspecified atom stereocenters. The van der Waals surface area contributed by atoms with Crippen LogP contribution in [0.1, 0.15) is 31.0 Å². The highest BCUT2D eigenvalue weighted by atomic mass is 16.5. The van der Waals surface area contributed by atoms with Gasteiger partial charge in [0.1, 0.15) is 5.75 Å². The number of benzene rings is 1. The number of nitrogens with one attached hydrogen (secondary N) is 1. The number of ether oxygens (including phenoxy) is 1. The Morgan fingerprint density at radius 3 is 2.53 bits per heavy atom. The van der Waals surface area contributed by atoms with E-state index >= 15 is 0 Å². The van der Waals surface area contributed by atoms with Gasteiger partial charge in [-0.2, -0.15) is 0 Å². The maximum atomic E-state index is 5.30. The van der Waals surface area contributed by atoms with E-state index in [1.165, 1.54) is 16.6 Å². The van der Waals surface area contributed by atoms with Gasteiger partial charge in [0.05, 0.1) is 7.11 Å². The summed E-state index contributed by atoms with van der Waals surface area (Å²) in [5.41, 5.74) is 3.61. The molecule has 2 rings (SSSR count). The molecule has 80 valence electrons. The van der Waals surface area contributed by atoms with Crippen LogP contribution in [0.5, 0.6) is 5.75 Å². The van der Waals surface area contributed by atoms with Crippen molar-refractivity contribution < 1.29 is 4.74 Å². The highest BCUT2D eigenvalue weighted by molar-refractivity contribution is 5.83. The van der Waals surface area contributed by atoms with Gasteiger partial charge in [0, 0.05) is 22.7 Å². The molecule has 1 N–H and O–H groups in total. The Morgan fingerprint density at radius 1 is 1.20 bits per heavy atom. The molecular formula is C13H17NO. The van der Waals surface area contributed by atoms with Gasteiger partial charge in [0.25, 0.3) is 0 Å². The smallest absolute Gasteiger partial charge is 0.123 e. The third kappa shape index (κ3) is 1.72. The average Bonchev–Trinajstić information content (AvgIpc) is 2.59. The first-order valence-corrected chi connectivity index (χ1v) is 5.29. The Balaban J connectivity index is 2.61. The van der Waals surface area contributed by atoms with Crippen LogP contribution in [0.4, 0.5) is 0 Å². The number of aromatic amines is 1. The lowest BCUT2D eigenvalue weighted by Crippen LogP contribution is -1.86. The minimum Gasteiger partial charge on any atom is -0.496 e. The average molecular weight is 203 g/mol. The highest BCUT2D eigenvalue weighted by Crippen LogP contribution is 2.27. The van der Waals surface area contributed by atoms with Crippen LogP contribution >= 0.6 is 0 Å². The van der Waals surface area contributed by atoms with Crippen LogP contribution in [0.15, 0.2) is 18.2 Å². The Morgan fingerprint density at radius 2 is 1.93 bits per heavy atom. The number of rotatable bonds is 2. The van der Waals surface area contributed by atoms with Crippen molar-refractivity contribution in [3.8, 4) is 5.75 Å². The van der Waals surface area contributed by atoms with E-state index in [1.54, 1.807) is 7.11 Å². The van der Waals surface area contributed by atoms with E-state index in [2.05, 4.69) is 44.0 Å². The van der Waals surface area contributed by atoms with Crippen molar-refractivity contribution in [2.75, 3.05) is 7.11 Å². The van der Waals surface area contributed by atoms with Crippen LogP contribution in [0.25, 0.3) is 10.9 Å². The third-order valence-corrected chi connectivity index (χ3v) is 2.78. The second-order valence-corrected chi connectivity index (χ2v) is 4.29. The molecule has 0 radical (unpaired) electrons. The predicted octanol–water partition coefficient (Wildman–Crippen LogP) is 3.61. The van der Waals surface area contributed by atoms with Crippen LogP contribution in [0, 0.1) is 6.92 Å². The van der Waals surface area contributed by atoms with Crippen LogP contribution < -0.4 is 4.74 Å². The number of aryl methyl sites for hydroxylation is 1. The van der Waals surface area contributed by atoms with E-state index in [9.17, 15) is 0 Å². The standard InChI is InChI=1S/C13H17NO/c1-8(2)11-6-10-5-9(3)13(15-4)7-12(10)14-11/h5-8,14H,1-4H3. The molecular weight excluding hydrogens is 186 g/mol. The summed E-state index contributed by atoms with van der Waals surface area (Å²) in [5, 5.41) is 1.26. The zero-order valence-electron chi connectivity index (χ0n) is 9.72. The number of aromatic nitrogens is 1. The predicted molar refractivity (Wildman–Crippen MR) is 63.7 cm³/mol. The van der Waals surface area contributed by atoms with Crippen LogP contribution in [-0.2, 0) is 0 Å². The van der Waals surface area contributed by atoms with E-state index in [0.717, 1.165) is 11.3 Å². The quantitative estimate of drug-likeness (QED) is 0.792. The minimum atomic E-state index is 0.531. The molecule has 15 heavy (non-hydrogen) atoms. The second kappa shape index (κ2) is 3.61. The normalized spacial score (nSPS) is 11.3. The van der Waals surface area contributed by atoms with Crippen molar-refractivity contribution in [2.45, 2.75) is 26.7 Å². The zero-order valence-corrected chi connectivity index (χ0v) is 9.72. The Kier molecular flexibility index (Phi) is 2.43. The largest absolute Gasteiger partial charge is 0.496 e. The maximum Gasteiger partial charge on any atom is 0.123 e. The van der Waals surface area contributed by atoms with E-state index < -0.39 is 0 Å². The van der Waals surface area contributed by atoms with Gasteiger partial charge in [-0.3, -0.25) is 0 Å². The van der Waals surface area contributed by atoms with Gasteiger partial charge in [-0.15, -0.1) is 0 Å². The van der Waals surface area contributed by atoms with E-state index in [-0.39, 0.29) is 0 Å². The first kappa shape index (κ1) is 10.1. The Bertz CT molecular complexity index is 482. The fourth-order valence-corrected chi connectivity index (χ4v) is 1.83. The summed E-state index contributed by atoms with van der Waals surface area (Å²) < 4.78 is 5.30. The van der Waals surface area contributed by atoms with Gasteiger partial charge >= 0.3 is 0 Å². The summed E-state index contributed by atoms with van der Waals surface area (Å²) in [6.45, 7) is 6.45. The summed E-state index contributed by atoms with van der Waals surface area (Å²) in [6, 6.07) is 6.44. The number of H-pyrrole nitrogens is 1. The van der Waals surface area contributed by atoms with Crippen LogP contribution in [0.2, 0.25) is 0 Å². The van der Waals surface area contributed by atoms with E-state index in [4.69, 9.17) is 4.74 Å². The number of hydrogen-bond donors (Lipinski definition) is 1. The first-order chi connectivity index (χ1) is 7.11. The Labute approximate surface area is 90.3 Å². The van der Waals surface area contributed by atoms with Crippen molar-refractivity contribution in [1.82, 2.24) is 4.98 Å². The van der Waals surface area contributed by atoms with Crippen molar-refractivity contribution >= 4 is 10.9 Å². The number of hydrogen-bond acceptors (Lipinski definition) is 1. The molecule has 0 saturated carbocycles. The molecule has 0 fully saturated rings. The third-order valence-electron chi connectivity index (χ3n) is 2.78. The molecule has 0 aliphatic carbocycles. The molecule has 0 aliphatic rings. The Hall–Kier alpha value is -1.44. The fraction of sp³-hybridized carbons (Fsp3) is 0.385. The second-order valence-electron chi connectivity index (χ2n) is 4.29. The molecule has 0 atom stereocenters. The fourth-order valence-electron chi connectivity index (χ4n) is 1.83. The summed E-state index contributed by atoms with van der Waals surface area (Å²) in [7, 11) is 1.71. The van der Waals surface area contributed by atoms with Crippen molar-refractivity contribution in [2.24, 2.45) is 0 Å². The summed E-state index contributed by atoms with van der Waals surface area (Å²) in [4.78, 5) is 3.42. The van der Waals surface area contributed by atoms with E-state index in [1.807, 2.05) is 0 Å². The molecule has 2 heteroatoms. The molecule has 1 heterocycles. The highest BCUT2D eigenvalue weighted by Gasteiger charge is 2.07. The minimum absolute atomic E-state index is 0.531.